The van der Waals surface area contributed by atoms with Crippen LogP contribution in [0.3, 0.4) is 0 Å². The number of carboxylic acids is 1. The van der Waals surface area contributed by atoms with Crippen molar-refractivity contribution in [3.63, 3.8) is 0 Å². The molecule has 4 heteroatoms. The molecule has 0 fully saturated rings. The maximum Gasteiger partial charge on any atom is 0.354 e. The van der Waals surface area contributed by atoms with Crippen LogP contribution >= 0.6 is 0 Å². The summed E-state index contributed by atoms with van der Waals surface area (Å²) in [6.07, 6.45) is 0. The number of hydrogen-bond donors (Lipinski definition) is 2. The smallest absolute Gasteiger partial charge is 0.354 e. The van der Waals surface area contributed by atoms with Gasteiger partial charge in [0.25, 0.3) is 0 Å². The SMILES string of the molecule is Nc1cc(C(=O)O)nc2c1ccc1ccccc12. The number of carboxylic acid groups (broad SMARTS) is 1. The maximum absolute atomic E-state index is 11.0. The first-order chi connectivity index (χ1) is 8.66. The molecule has 0 saturated heterocycles. The zero-order valence-electron chi connectivity index (χ0n) is 9.42. The molecule has 3 N–H and O–H groups in total. The van der Waals surface area contributed by atoms with E-state index in [9.17, 15) is 4.79 Å². The van der Waals surface area contributed by atoms with E-state index in [0.29, 0.717) is 11.2 Å². The van der Waals surface area contributed by atoms with Gasteiger partial charge in [-0.05, 0) is 11.5 Å². The van der Waals surface area contributed by atoms with E-state index in [2.05, 4.69) is 4.98 Å². The van der Waals surface area contributed by atoms with E-state index in [1.807, 2.05) is 36.4 Å². The number of rotatable bonds is 1. The molecule has 1 heterocycles. The van der Waals surface area contributed by atoms with E-state index in [4.69, 9.17) is 10.8 Å². The lowest BCUT2D eigenvalue weighted by atomic mass is 10.0. The van der Waals surface area contributed by atoms with Gasteiger partial charge in [-0.2, -0.15) is 0 Å². The molecule has 0 atom stereocenters. The third kappa shape index (κ3) is 1.47. The van der Waals surface area contributed by atoms with E-state index in [-0.39, 0.29) is 5.69 Å². The van der Waals surface area contributed by atoms with Crippen molar-refractivity contribution in [3.05, 3.63) is 48.2 Å². The Morgan fingerprint density at radius 2 is 1.89 bits per heavy atom. The van der Waals surface area contributed by atoms with Gasteiger partial charge >= 0.3 is 5.97 Å². The molecule has 0 amide bonds. The van der Waals surface area contributed by atoms with E-state index < -0.39 is 5.97 Å². The van der Waals surface area contributed by atoms with Crippen molar-refractivity contribution < 1.29 is 9.90 Å². The third-order valence-corrected chi connectivity index (χ3v) is 2.96. The lowest BCUT2D eigenvalue weighted by Gasteiger charge is -2.06. The highest BCUT2D eigenvalue weighted by atomic mass is 16.4. The van der Waals surface area contributed by atoms with Crippen molar-refractivity contribution >= 4 is 33.3 Å². The summed E-state index contributed by atoms with van der Waals surface area (Å²) in [6.45, 7) is 0. The van der Waals surface area contributed by atoms with Crippen molar-refractivity contribution in [2.75, 3.05) is 5.73 Å². The molecule has 18 heavy (non-hydrogen) atoms. The molecular formula is C14H10N2O2. The fourth-order valence-electron chi connectivity index (χ4n) is 2.10. The van der Waals surface area contributed by atoms with E-state index >= 15 is 0 Å². The van der Waals surface area contributed by atoms with Crippen LogP contribution in [0, 0.1) is 0 Å². The van der Waals surface area contributed by atoms with Crippen LogP contribution in [0.4, 0.5) is 5.69 Å². The highest BCUT2D eigenvalue weighted by molar-refractivity contribution is 6.10. The molecule has 0 aliphatic carbocycles. The van der Waals surface area contributed by atoms with Gasteiger partial charge in [0.1, 0.15) is 0 Å². The summed E-state index contributed by atoms with van der Waals surface area (Å²) in [7, 11) is 0. The Hall–Kier alpha value is -2.62. The number of anilines is 1. The number of pyridine rings is 1. The zero-order chi connectivity index (χ0) is 12.7. The summed E-state index contributed by atoms with van der Waals surface area (Å²) >= 11 is 0. The molecule has 88 valence electrons. The van der Waals surface area contributed by atoms with Crippen LogP contribution in [0.15, 0.2) is 42.5 Å². The average Bonchev–Trinajstić information content (AvgIpc) is 2.38. The van der Waals surface area contributed by atoms with Crippen molar-refractivity contribution in [2.24, 2.45) is 0 Å². The first-order valence-corrected chi connectivity index (χ1v) is 5.48. The van der Waals surface area contributed by atoms with Crippen LogP contribution in [0.25, 0.3) is 21.7 Å². The molecule has 4 nitrogen and oxygen atoms in total. The molecule has 0 aliphatic heterocycles. The molecule has 0 aliphatic rings. The Morgan fingerprint density at radius 1 is 1.11 bits per heavy atom. The van der Waals surface area contributed by atoms with Crippen molar-refractivity contribution in [1.82, 2.24) is 4.98 Å². The number of aromatic carboxylic acids is 1. The summed E-state index contributed by atoms with van der Waals surface area (Å²) in [5, 5.41) is 11.7. The highest BCUT2D eigenvalue weighted by Gasteiger charge is 2.11. The highest BCUT2D eigenvalue weighted by Crippen LogP contribution is 2.27. The van der Waals surface area contributed by atoms with Gasteiger partial charge in [-0.3, -0.25) is 0 Å². The number of nitrogens with zero attached hydrogens (tertiary/aromatic N) is 1. The number of nitrogens with two attached hydrogens (primary N) is 1. The van der Waals surface area contributed by atoms with Gasteiger partial charge in [0, 0.05) is 16.5 Å². The first-order valence-electron chi connectivity index (χ1n) is 5.48. The molecule has 0 spiro atoms. The minimum atomic E-state index is -1.07. The Labute approximate surface area is 103 Å². The number of fused-ring (bicyclic) bond motifs is 3. The number of aromatic nitrogens is 1. The lowest BCUT2D eigenvalue weighted by molar-refractivity contribution is 0.0691. The zero-order valence-corrected chi connectivity index (χ0v) is 9.42. The van der Waals surface area contributed by atoms with Gasteiger partial charge in [0.15, 0.2) is 5.69 Å². The van der Waals surface area contributed by atoms with Crippen molar-refractivity contribution in [1.29, 1.82) is 0 Å². The van der Waals surface area contributed by atoms with Crippen LogP contribution < -0.4 is 5.73 Å². The van der Waals surface area contributed by atoms with Crippen LogP contribution in [0.5, 0.6) is 0 Å². The summed E-state index contributed by atoms with van der Waals surface area (Å²) in [4.78, 5) is 15.2. The molecular weight excluding hydrogens is 228 g/mol. The summed E-state index contributed by atoms with van der Waals surface area (Å²) in [5.74, 6) is -1.07. The largest absolute Gasteiger partial charge is 0.477 e. The minimum absolute atomic E-state index is 0.0312. The summed E-state index contributed by atoms with van der Waals surface area (Å²) in [5.41, 5.74) is 6.91. The minimum Gasteiger partial charge on any atom is -0.477 e. The van der Waals surface area contributed by atoms with Gasteiger partial charge in [0.05, 0.1) is 5.52 Å². The van der Waals surface area contributed by atoms with Gasteiger partial charge < -0.3 is 10.8 Å². The molecule has 0 unspecified atom stereocenters. The van der Waals surface area contributed by atoms with Gasteiger partial charge in [-0.25, -0.2) is 9.78 Å². The quantitative estimate of drug-likeness (QED) is 0.639. The monoisotopic (exact) mass is 238 g/mol. The van der Waals surface area contributed by atoms with Crippen LogP contribution in [-0.4, -0.2) is 16.1 Å². The Balaban J connectivity index is 2.51. The lowest BCUT2D eigenvalue weighted by Crippen LogP contribution is -2.02. The number of hydrogen-bond acceptors (Lipinski definition) is 3. The topological polar surface area (TPSA) is 76.2 Å². The predicted octanol–water partition coefficient (Wildman–Crippen LogP) is 2.67. The van der Waals surface area contributed by atoms with Crippen molar-refractivity contribution in [3.8, 4) is 0 Å². The molecule has 0 saturated carbocycles. The molecule has 0 bridgehead atoms. The van der Waals surface area contributed by atoms with E-state index in [1.165, 1.54) is 6.07 Å². The average molecular weight is 238 g/mol. The second kappa shape index (κ2) is 3.70. The predicted molar refractivity (Wildman–Crippen MR) is 70.6 cm³/mol. The molecule has 1 aromatic heterocycles. The Kier molecular flexibility index (Phi) is 2.16. The second-order valence-electron chi connectivity index (χ2n) is 4.08. The van der Waals surface area contributed by atoms with Crippen molar-refractivity contribution in [2.45, 2.75) is 0 Å². The number of nitrogen functional groups attached to an aromatic ring is 1. The van der Waals surface area contributed by atoms with Crippen LogP contribution in [0.2, 0.25) is 0 Å². The standard InChI is InChI=1S/C14H10N2O2/c15-11-7-12(14(17)18)16-13-9-4-2-1-3-8(9)5-6-10(11)13/h1-7H,(H2,15,16)(H,17,18). The maximum atomic E-state index is 11.0. The fourth-order valence-corrected chi connectivity index (χ4v) is 2.10. The van der Waals surface area contributed by atoms with Crippen LogP contribution in [-0.2, 0) is 0 Å². The van der Waals surface area contributed by atoms with Gasteiger partial charge in [-0.15, -0.1) is 0 Å². The molecule has 0 radical (unpaired) electrons. The van der Waals surface area contributed by atoms with E-state index in [0.717, 1.165) is 16.2 Å². The second-order valence-corrected chi connectivity index (χ2v) is 4.08. The normalized spacial score (nSPS) is 10.9. The molecule has 3 aromatic rings. The Morgan fingerprint density at radius 3 is 2.67 bits per heavy atom. The third-order valence-electron chi connectivity index (χ3n) is 2.96. The Bertz CT molecular complexity index is 781. The number of carbonyl (C=O) groups is 1. The molecule has 2 aromatic carbocycles. The van der Waals surface area contributed by atoms with Gasteiger partial charge in [0.2, 0.25) is 0 Å². The fraction of sp³-hybridized carbons (Fsp3) is 0. The van der Waals surface area contributed by atoms with Crippen LogP contribution in [0.1, 0.15) is 10.5 Å². The molecule has 3 rings (SSSR count). The summed E-state index contributed by atoms with van der Waals surface area (Å²) < 4.78 is 0. The van der Waals surface area contributed by atoms with E-state index in [1.54, 1.807) is 0 Å². The summed E-state index contributed by atoms with van der Waals surface area (Å²) in [6, 6.07) is 12.9. The van der Waals surface area contributed by atoms with Gasteiger partial charge in [-0.1, -0.05) is 36.4 Å². The number of benzene rings is 2. The first kappa shape index (κ1) is 10.5.